The molecule has 3 unspecified atom stereocenters. The third-order valence-electron chi connectivity index (χ3n) is 3.50. The zero-order chi connectivity index (χ0) is 13.1. The van der Waals surface area contributed by atoms with Crippen LogP contribution < -0.4 is 0 Å². The molecule has 18 heavy (non-hydrogen) atoms. The Bertz CT molecular complexity index is 438. The molecule has 0 N–H and O–H groups in total. The zero-order valence-electron chi connectivity index (χ0n) is 10.2. The standard InChI is InChI=1S/C13H16BrNO3/c1-9-11(6-7-18-9)12(14)8-10-4-2-3-5-13(10)15(16)17/h2-5,9,11-12H,6-8H2,1H3. The van der Waals surface area contributed by atoms with Crippen LogP contribution in [0, 0.1) is 16.0 Å². The number of hydrogen-bond acceptors (Lipinski definition) is 3. The van der Waals surface area contributed by atoms with Crippen LogP contribution in [-0.2, 0) is 11.2 Å². The van der Waals surface area contributed by atoms with Gasteiger partial charge in [0.15, 0.2) is 0 Å². The predicted octanol–water partition coefficient (Wildman–Crippen LogP) is 3.33. The van der Waals surface area contributed by atoms with Crippen LogP contribution in [0.1, 0.15) is 18.9 Å². The minimum atomic E-state index is -0.316. The van der Waals surface area contributed by atoms with Gasteiger partial charge in [-0.25, -0.2) is 0 Å². The lowest BCUT2D eigenvalue weighted by molar-refractivity contribution is -0.385. The Kier molecular flexibility index (Phi) is 4.35. The first-order chi connectivity index (χ1) is 8.59. The van der Waals surface area contributed by atoms with Crippen molar-refractivity contribution in [1.29, 1.82) is 0 Å². The van der Waals surface area contributed by atoms with Crippen LogP contribution in [0.2, 0.25) is 0 Å². The van der Waals surface area contributed by atoms with Crippen molar-refractivity contribution in [2.45, 2.75) is 30.7 Å². The van der Waals surface area contributed by atoms with Crippen molar-refractivity contribution in [3.8, 4) is 0 Å². The number of nitro benzene ring substituents is 1. The molecule has 1 aliphatic rings. The van der Waals surface area contributed by atoms with E-state index >= 15 is 0 Å². The lowest BCUT2D eigenvalue weighted by Crippen LogP contribution is -2.23. The minimum absolute atomic E-state index is 0.202. The van der Waals surface area contributed by atoms with E-state index in [1.165, 1.54) is 0 Å². The van der Waals surface area contributed by atoms with Gasteiger partial charge in [0, 0.05) is 23.1 Å². The van der Waals surface area contributed by atoms with Gasteiger partial charge in [0.1, 0.15) is 0 Å². The zero-order valence-corrected chi connectivity index (χ0v) is 11.8. The number of alkyl halides is 1. The third-order valence-corrected chi connectivity index (χ3v) is 4.51. The molecule has 1 aromatic rings. The average Bonchev–Trinajstić information content (AvgIpc) is 2.76. The summed E-state index contributed by atoms with van der Waals surface area (Å²) >= 11 is 3.66. The molecule has 0 amide bonds. The van der Waals surface area contributed by atoms with E-state index in [4.69, 9.17) is 4.74 Å². The average molecular weight is 314 g/mol. The van der Waals surface area contributed by atoms with E-state index in [1.54, 1.807) is 12.1 Å². The molecule has 1 fully saturated rings. The maximum Gasteiger partial charge on any atom is 0.272 e. The molecule has 1 aliphatic heterocycles. The van der Waals surface area contributed by atoms with Gasteiger partial charge in [0.25, 0.3) is 5.69 Å². The summed E-state index contributed by atoms with van der Waals surface area (Å²) in [5, 5.41) is 11.0. The van der Waals surface area contributed by atoms with Gasteiger partial charge in [0.05, 0.1) is 11.0 Å². The number of hydrogen-bond donors (Lipinski definition) is 0. The highest BCUT2D eigenvalue weighted by Gasteiger charge is 2.31. The smallest absolute Gasteiger partial charge is 0.272 e. The molecule has 0 aromatic heterocycles. The van der Waals surface area contributed by atoms with Crippen LogP contribution in [0.5, 0.6) is 0 Å². The number of nitrogens with zero attached hydrogens (tertiary/aromatic N) is 1. The molecule has 2 rings (SSSR count). The molecule has 0 bridgehead atoms. The number of nitro groups is 1. The molecule has 0 spiro atoms. The number of benzene rings is 1. The Morgan fingerprint density at radius 2 is 2.28 bits per heavy atom. The molecule has 0 radical (unpaired) electrons. The van der Waals surface area contributed by atoms with Gasteiger partial charge in [-0.15, -0.1) is 0 Å². The van der Waals surface area contributed by atoms with Gasteiger partial charge < -0.3 is 4.74 Å². The summed E-state index contributed by atoms with van der Waals surface area (Å²) in [5.41, 5.74) is 0.983. The maximum atomic E-state index is 11.0. The maximum absolute atomic E-state index is 11.0. The molecule has 1 heterocycles. The van der Waals surface area contributed by atoms with Gasteiger partial charge >= 0.3 is 0 Å². The Labute approximate surface area is 115 Å². The lowest BCUT2D eigenvalue weighted by Gasteiger charge is -2.20. The van der Waals surface area contributed by atoms with Gasteiger partial charge in [-0.3, -0.25) is 10.1 Å². The second-order valence-corrected chi connectivity index (χ2v) is 5.81. The Morgan fingerprint density at radius 3 is 2.89 bits per heavy atom. The van der Waals surface area contributed by atoms with E-state index < -0.39 is 0 Å². The van der Waals surface area contributed by atoms with Gasteiger partial charge in [-0.2, -0.15) is 0 Å². The summed E-state index contributed by atoms with van der Waals surface area (Å²) in [6, 6.07) is 6.93. The Hall–Kier alpha value is -0.940. The first-order valence-corrected chi connectivity index (χ1v) is 6.99. The molecular weight excluding hydrogens is 298 g/mol. The molecule has 4 nitrogen and oxygen atoms in total. The Balaban J connectivity index is 2.11. The molecule has 0 saturated carbocycles. The quantitative estimate of drug-likeness (QED) is 0.487. The predicted molar refractivity (Wildman–Crippen MR) is 73.0 cm³/mol. The second kappa shape index (κ2) is 5.80. The summed E-state index contributed by atoms with van der Waals surface area (Å²) in [4.78, 5) is 10.9. The topological polar surface area (TPSA) is 52.4 Å². The molecule has 98 valence electrons. The summed E-state index contributed by atoms with van der Waals surface area (Å²) < 4.78 is 5.54. The number of halogens is 1. The highest BCUT2D eigenvalue weighted by atomic mass is 79.9. The first kappa shape index (κ1) is 13.5. The normalized spacial score (nSPS) is 25.0. The molecule has 1 aromatic carbocycles. The van der Waals surface area contributed by atoms with Crippen molar-refractivity contribution in [1.82, 2.24) is 0 Å². The van der Waals surface area contributed by atoms with Crippen LogP contribution in [0.3, 0.4) is 0 Å². The lowest BCUT2D eigenvalue weighted by atomic mass is 9.93. The van der Waals surface area contributed by atoms with Crippen molar-refractivity contribution >= 4 is 21.6 Å². The van der Waals surface area contributed by atoms with Crippen LogP contribution >= 0.6 is 15.9 Å². The highest BCUT2D eigenvalue weighted by molar-refractivity contribution is 9.09. The van der Waals surface area contributed by atoms with Crippen molar-refractivity contribution in [3.05, 3.63) is 39.9 Å². The van der Waals surface area contributed by atoms with E-state index in [0.717, 1.165) is 18.6 Å². The fourth-order valence-electron chi connectivity index (χ4n) is 2.45. The van der Waals surface area contributed by atoms with Gasteiger partial charge in [0.2, 0.25) is 0 Å². The summed E-state index contributed by atoms with van der Waals surface area (Å²) in [5.74, 6) is 0.421. The molecular formula is C13H16BrNO3. The van der Waals surface area contributed by atoms with Crippen molar-refractivity contribution in [3.63, 3.8) is 0 Å². The van der Waals surface area contributed by atoms with E-state index in [9.17, 15) is 10.1 Å². The summed E-state index contributed by atoms with van der Waals surface area (Å²) in [6.07, 6.45) is 1.89. The Morgan fingerprint density at radius 1 is 1.56 bits per heavy atom. The number of para-hydroxylation sites is 1. The minimum Gasteiger partial charge on any atom is -0.378 e. The fraction of sp³-hybridized carbons (Fsp3) is 0.538. The first-order valence-electron chi connectivity index (χ1n) is 6.07. The van der Waals surface area contributed by atoms with E-state index in [2.05, 4.69) is 22.9 Å². The van der Waals surface area contributed by atoms with Crippen molar-refractivity contribution < 1.29 is 9.66 Å². The van der Waals surface area contributed by atoms with Crippen LogP contribution in [0.4, 0.5) is 5.69 Å². The molecule has 5 heteroatoms. The van der Waals surface area contributed by atoms with E-state index in [-0.39, 0.29) is 21.5 Å². The summed E-state index contributed by atoms with van der Waals surface area (Å²) in [7, 11) is 0. The van der Waals surface area contributed by atoms with E-state index in [0.29, 0.717) is 12.3 Å². The third kappa shape index (κ3) is 2.90. The largest absolute Gasteiger partial charge is 0.378 e. The SMILES string of the molecule is CC1OCCC1C(Br)Cc1ccccc1[N+](=O)[O-]. The number of rotatable bonds is 4. The van der Waals surface area contributed by atoms with Crippen LogP contribution in [0.15, 0.2) is 24.3 Å². The second-order valence-electron chi connectivity index (χ2n) is 4.63. The van der Waals surface area contributed by atoms with Crippen molar-refractivity contribution in [2.24, 2.45) is 5.92 Å². The molecule has 1 saturated heterocycles. The fourth-order valence-corrected chi connectivity index (χ4v) is 3.49. The number of ether oxygens (including phenoxy) is 1. The molecule has 0 aliphatic carbocycles. The van der Waals surface area contributed by atoms with Crippen LogP contribution in [-0.4, -0.2) is 22.5 Å². The monoisotopic (exact) mass is 313 g/mol. The highest BCUT2D eigenvalue weighted by Crippen LogP contribution is 2.32. The van der Waals surface area contributed by atoms with Crippen LogP contribution in [0.25, 0.3) is 0 Å². The molecule has 3 atom stereocenters. The van der Waals surface area contributed by atoms with Crippen molar-refractivity contribution in [2.75, 3.05) is 6.61 Å². The van der Waals surface area contributed by atoms with Gasteiger partial charge in [-0.05, 0) is 25.7 Å². The van der Waals surface area contributed by atoms with Gasteiger partial charge in [-0.1, -0.05) is 34.1 Å². The van der Waals surface area contributed by atoms with E-state index in [1.807, 2.05) is 12.1 Å². The summed E-state index contributed by atoms with van der Waals surface area (Å²) in [6.45, 7) is 2.84.